The Hall–Kier alpha value is -1.30. The van der Waals surface area contributed by atoms with E-state index in [9.17, 15) is 4.79 Å². The average molecular weight is 280 g/mol. The summed E-state index contributed by atoms with van der Waals surface area (Å²) in [7, 11) is 0. The predicted molar refractivity (Wildman–Crippen MR) is 77.5 cm³/mol. The van der Waals surface area contributed by atoms with Crippen LogP contribution in [-0.2, 0) is 0 Å². The van der Waals surface area contributed by atoms with Gasteiger partial charge in [0.1, 0.15) is 10.6 Å². The average Bonchev–Trinajstić information content (AvgIpc) is 2.92. The number of nitrogens with one attached hydrogen (secondary N) is 2. The monoisotopic (exact) mass is 280 g/mol. The summed E-state index contributed by atoms with van der Waals surface area (Å²) in [5, 5.41) is 7.16. The van der Waals surface area contributed by atoms with Crippen LogP contribution in [0.3, 0.4) is 0 Å². The fraction of sp³-hybridized carbons (Fsp3) is 0.692. The molecule has 1 amide bonds. The van der Waals surface area contributed by atoms with Gasteiger partial charge in [-0.2, -0.15) is 4.37 Å². The number of anilines is 2. The van der Waals surface area contributed by atoms with Crippen molar-refractivity contribution < 1.29 is 4.79 Å². The van der Waals surface area contributed by atoms with Crippen molar-refractivity contribution in [3.05, 3.63) is 5.56 Å². The van der Waals surface area contributed by atoms with Gasteiger partial charge in [0.25, 0.3) is 5.91 Å². The Kier molecular flexibility index (Phi) is 3.59. The molecule has 0 saturated heterocycles. The first-order valence-electron chi connectivity index (χ1n) is 7.04. The molecule has 3 rings (SSSR count). The van der Waals surface area contributed by atoms with E-state index < -0.39 is 0 Å². The molecule has 0 aliphatic heterocycles. The normalized spacial score (nSPS) is 19.6. The van der Waals surface area contributed by atoms with Crippen LogP contribution in [0, 0.1) is 5.92 Å². The lowest BCUT2D eigenvalue weighted by Crippen LogP contribution is -2.26. The van der Waals surface area contributed by atoms with Crippen molar-refractivity contribution >= 4 is 28.3 Å². The third-order valence-corrected chi connectivity index (χ3v) is 4.70. The molecule has 1 aromatic rings. The smallest absolute Gasteiger partial charge is 0.258 e. The zero-order chi connectivity index (χ0) is 13.2. The van der Waals surface area contributed by atoms with E-state index in [1.54, 1.807) is 0 Å². The zero-order valence-electron chi connectivity index (χ0n) is 10.9. The molecule has 19 heavy (non-hydrogen) atoms. The first-order chi connectivity index (χ1) is 9.24. The molecule has 2 fully saturated rings. The number of amides is 1. The molecule has 0 atom stereocenters. The molecule has 0 spiro atoms. The van der Waals surface area contributed by atoms with Gasteiger partial charge in [-0.1, -0.05) is 12.8 Å². The van der Waals surface area contributed by atoms with Crippen molar-refractivity contribution in [1.82, 2.24) is 9.69 Å². The molecule has 2 aliphatic rings. The van der Waals surface area contributed by atoms with E-state index in [0.29, 0.717) is 17.4 Å². The topological polar surface area (TPSA) is 80.0 Å². The molecule has 5 nitrogen and oxygen atoms in total. The second kappa shape index (κ2) is 5.36. The number of aromatic nitrogens is 1. The van der Waals surface area contributed by atoms with Gasteiger partial charge in [-0.25, -0.2) is 0 Å². The Morgan fingerprint density at radius 2 is 2.05 bits per heavy atom. The highest BCUT2D eigenvalue weighted by Gasteiger charge is 2.27. The number of hydrogen-bond acceptors (Lipinski definition) is 5. The van der Waals surface area contributed by atoms with E-state index in [1.807, 2.05) is 0 Å². The fourth-order valence-corrected chi connectivity index (χ4v) is 3.30. The number of nitrogens with two attached hydrogens (primary N) is 1. The maximum Gasteiger partial charge on any atom is 0.258 e. The summed E-state index contributed by atoms with van der Waals surface area (Å²) in [4.78, 5) is 12.1. The van der Waals surface area contributed by atoms with Crippen LogP contribution in [0.1, 0.15) is 48.9 Å². The quantitative estimate of drug-likeness (QED) is 0.772. The Bertz CT molecular complexity index is 463. The lowest BCUT2D eigenvalue weighted by Gasteiger charge is -2.11. The highest BCUT2D eigenvalue weighted by molar-refractivity contribution is 7.11. The molecule has 104 valence electrons. The minimum Gasteiger partial charge on any atom is -0.382 e. The summed E-state index contributed by atoms with van der Waals surface area (Å²) < 4.78 is 4.11. The third-order valence-electron chi connectivity index (χ3n) is 3.88. The lowest BCUT2D eigenvalue weighted by molar-refractivity contribution is 0.0953. The van der Waals surface area contributed by atoms with Gasteiger partial charge in [0.15, 0.2) is 5.82 Å². The molecule has 0 bridgehead atoms. The molecule has 2 saturated carbocycles. The van der Waals surface area contributed by atoms with Crippen LogP contribution in [0.15, 0.2) is 0 Å². The van der Waals surface area contributed by atoms with E-state index in [4.69, 9.17) is 5.73 Å². The predicted octanol–water partition coefficient (Wildman–Crippen LogP) is 2.22. The Morgan fingerprint density at radius 3 is 2.74 bits per heavy atom. The van der Waals surface area contributed by atoms with E-state index in [1.165, 1.54) is 37.2 Å². The highest BCUT2D eigenvalue weighted by atomic mass is 32.1. The summed E-state index contributed by atoms with van der Waals surface area (Å²) in [5.74, 6) is 0.988. The molecule has 0 radical (unpaired) electrons. The molecular formula is C13H20N4OS. The minimum absolute atomic E-state index is 0.0809. The van der Waals surface area contributed by atoms with Gasteiger partial charge in [0, 0.05) is 12.6 Å². The van der Waals surface area contributed by atoms with Gasteiger partial charge in [-0.05, 0) is 43.1 Å². The van der Waals surface area contributed by atoms with E-state index >= 15 is 0 Å². The summed E-state index contributed by atoms with van der Waals surface area (Å²) >= 11 is 1.29. The number of hydrogen-bond donors (Lipinski definition) is 3. The van der Waals surface area contributed by atoms with E-state index in [2.05, 4.69) is 15.0 Å². The van der Waals surface area contributed by atoms with Crippen molar-refractivity contribution in [3.8, 4) is 0 Å². The maximum absolute atomic E-state index is 12.1. The number of carbonyl (C=O) groups is 1. The van der Waals surface area contributed by atoms with Gasteiger partial charge in [0.2, 0.25) is 0 Å². The molecule has 0 aromatic carbocycles. The van der Waals surface area contributed by atoms with Crippen LogP contribution in [-0.4, -0.2) is 22.9 Å². The van der Waals surface area contributed by atoms with Crippen LogP contribution in [0.5, 0.6) is 0 Å². The zero-order valence-corrected chi connectivity index (χ0v) is 11.8. The van der Waals surface area contributed by atoms with Crippen LogP contribution in [0.4, 0.5) is 10.8 Å². The number of nitrogen functional groups attached to an aromatic ring is 1. The molecule has 1 heterocycles. The van der Waals surface area contributed by atoms with Crippen molar-refractivity contribution in [3.63, 3.8) is 0 Å². The van der Waals surface area contributed by atoms with Crippen molar-refractivity contribution in [2.45, 2.75) is 44.6 Å². The van der Waals surface area contributed by atoms with Crippen molar-refractivity contribution in [2.24, 2.45) is 5.92 Å². The SMILES string of the molecule is Nc1nsc(NCC2CCCC2)c1C(=O)NC1CC1. The molecule has 1 aromatic heterocycles. The molecule has 2 aliphatic carbocycles. The molecule has 6 heteroatoms. The van der Waals surface area contributed by atoms with Crippen LogP contribution >= 0.6 is 11.5 Å². The Labute approximate surface area is 117 Å². The maximum atomic E-state index is 12.1. The van der Waals surface area contributed by atoms with Gasteiger partial charge >= 0.3 is 0 Å². The van der Waals surface area contributed by atoms with Crippen LogP contribution < -0.4 is 16.4 Å². The highest BCUT2D eigenvalue weighted by Crippen LogP contribution is 2.30. The van der Waals surface area contributed by atoms with Crippen molar-refractivity contribution in [1.29, 1.82) is 0 Å². The van der Waals surface area contributed by atoms with Gasteiger partial charge in [-0.3, -0.25) is 4.79 Å². The molecule has 0 unspecified atom stereocenters. The summed E-state index contributed by atoms with van der Waals surface area (Å²) in [6, 6.07) is 0.342. The van der Waals surface area contributed by atoms with Crippen molar-refractivity contribution in [2.75, 3.05) is 17.6 Å². The fourth-order valence-electron chi connectivity index (χ4n) is 2.58. The van der Waals surface area contributed by atoms with Crippen LogP contribution in [0.2, 0.25) is 0 Å². The second-order valence-corrected chi connectivity index (χ2v) is 6.32. The first kappa shape index (κ1) is 12.7. The van der Waals surface area contributed by atoms with E-state index in [-0.39, 0.29) is 5.91 Å². The molecular weight excluding hydrogens is 260 g/mol. The Morgan fingerprint density at radius 1 is 1.32 bits per heavy atom. The van der Waals surface area contributed by atoms with E-state index in [0.717, 1.165) is 30.3 Å². The third kappa shape index (κ3) is 3.00. The standard InChI is InChI=1S/C13H20N4OS/c14-11-10(12(18)16-9-5-6-9)13(19-17-11)15-7-8-3-1-2-4-8/h8-9,15H,1-7H2,(H2,14,17)(H,16,18). The first-order valence-corrected chi connectivity index (χ1v) is 7.81. The summed E-state index contributed by atoms with van der Waals surface area (Å²) in [5.41, 5.74) is 6.36. The van der Waals surface area contributed by atoms with Gasteiger partial charge in [0.05, 0.1) is 0 Å². The number of rotatable bonds is 5. The number of nitrogens with zero attached hydrogens (tertiary/aromatic N) is 1. The van der Waals surface area contributed by atoms with Gasteiger partial charge in [-0.15, -0.1) is 0 Å². The number of carbonyl (C=O) groups excluding carboxylic acids is 1. The minimum atomic E-state index is -0.0809. The van der Waals surface area contributed by atoms with Crippen LogP contribution in [0.25, 0.3) is 0 Å². The second-order valence-electron chi connectivity index (χ2n) is 5.55. The lowest BCUT2D eigenvalue weighted by atomic mass is 10.1. The Balaban J connectivity index is 1.64. The summed E-state index contributed by atoms with van der Waals surface area (Å²) in [6.07, 6.45) is 7.37. The largest absolute Gasteiger partial charge is 0.382 e. The summed E-state index contributed by atoms with van der Waals surface area (Å²) in [6.45, 7) is 0.922. The van der Waals surface area contributed by atoms with Gasteiger partial charge < -0.3 is 16.4 Å². The molecule has 4 N–H and O–H groups in total.